The van der Waals surface area contributed by atoms with Gasteiger partial charge in [0.05, 0.1) is 26.0 Å². The van der Waals surface area contributed by atoms with E-state index in [-0.39, 0.29) is 17.1 Å². The second kappa shape index (κ2) is 6.47. The molecule has 0 aliphatic heterocycles. The lowest BCUT2D eigenvalue weighted by Crippen LogP contribution is -2.41. The fraction of sp³-hybridized carbons (Fsp3) is 0.143. The molecule has 2 aromatic rings. The van der Waals surface area contributed by atoms with Crippen molar-refractivity contribution in [2.24, 2.45) is 0 Å². The highest BCUT2D eigenvalue weighted by Gasteiger charge is 2.17. The van der Waals surface area contributed by atoms with Crippen molar-refractivity contribution in [1.82, 2.24) is 10.9 Å². The Morgan fingerprint density at radius 2 is 1.76 bits per heavy atom. The number of ether oxygens (including phenoxy) is 2. The number of para-hydroxylation sites is 1. The van der Waals surface area contributed by atoms with Crippen LogP contribution in [-0.4, -0.2) is 26.0 Å². The normalized spacial score (nSPS) is 9.81. The standard InChI is InChI=1S/C14H14N2O5/c1-19-10-6-3-5-9(12(10)20-2)13(17)15-16-14(18)11-7-4-8-21-11/h3-8H,1-2H3,(H,15,17)(H,16,18). The molecule has 1 aromatic carbocycles. The van der Waals surface area contributed by atoms with Crippen molar-refractivity contribution in [3.05, 3.63) is 47.9 Å². The molecule has 0 aliphatic rings. The summed E-state index contributed by atoms with van der Waals surface area (Å²) in [5, 5.41) is 0. The molecule has 0 saturated heterocycles. The zero-order valence-electron chi connectivity index (χ0n) is 11.5. The Bertz CT molecular complexity index is 637. The number of carbonyl (C=O) groups is 2. The van der Waals surface area contributed by atoms with Crippen LogP contribution in [0.1, 0.15) is 20.9 Å². The summed E-state index contributed by atoms with van der Waals surface area (Å²) in [6.07, 6.45) is 1.36. The average Bonchev–Trinajstić information content (AvgIpc) is 3.05. The number of carbonyl (C=O) groups excluding carboxylic acids is 2. The van der Waals surface area contributed by atoms with E-state index >= 15 is 0 Å². The van der Waals surface area contributed by atoms with Crippen LogP contribution in [0.4, 0.5) is 0 Å². The van der Waals surface area contributed by atoms with Crippen molar-refractivity contribution in [2.45, 2.75) is 0 Å². The second-order valence-corrected chi connectivity index (χ2v) is 3.93. The molecule has 0 bridgehead atoms. The van der Waals surface area contributed by atoms with Gasteiger partial charge in [-0.15, -0.1) is 0 Å². The number of hydrogen-bond donors (Lipinski definition) is 2. The van der Waals surface area contributed by atoms with Gasteiger partial charge in [-0.3, -0.25) is 20.4 Å². The predicted octanol–water partition coefficient (Wildman–Crippen LogP) is 1.37. The van der Waals surface area contributed by atoms with Gasteiger partial charge in [-0.2, -0.15) is 0 Å². The van der Waals surface area contributed by atoms with Crippen LogP contribution in [0.2, 0.25) is 0 Å². The quantitative estimate of drug-likeness (QED) is 0.830. The zero-order valence-corrected chi connectivity index (χ0v) is 11.5. The molecule has 7 nitrogen and oxygen atoms in total. The summed E-state index contributed by atoms with van der Waals surface area (Å²) in [5.74, 6) is -0.305. The Morgan fingerprint density at radius 3 is 2.38 bits per heavy atom. The van der Waals surface area contributed by atoms with E-state index in [9.17, 15) is 9.59 Å². The number of amides is 2. The predicted molar refractivity (Wildman–Crippen MR) is 73.2 cm³/mol. The Morgan fingerprint density at radius 1 is 1.00 bits per heavy atom. The molecule has 7 heteroatoms. The number of methoxy groups -OCH3 is 2. The molecule has 0 saturated carbocycles. The molecule has 2 amide bonds. The topological polar surface area (TPSA) is 89.8 Å². The van der Waals surface area contributed by atoms with E-state index in [1.165, 1.54) is 26.5 Å². The minimum absolute atomic E-state index is 0.0907. The van der Waals surface area contributed by atoms with Gasteiger partial charge >= 0.3 is 5.91 Å². The smallest absolute Gasteiger partial charge is 0.305 e. The highest BCUT2D eigenvalue weighted by atomic mass is 16.5. The maximum absolute atomic E-state index is 12.1. The van der Waals surface area contributed by atoms with Crippen molar-refractivity contribution in [3.63, 3.8) is 0 Å². The van der Waals surface area contributed by atoms with Crippen LogP contribution in [0, 0.1) is 0 Å². The van der Waals surface area contributed by atoms with Gasteiger partial charge in [0, 0.05) is 0 Å². The maximum atomic E-state index is 12.1. The molecule has 0 atom stereocenters. The molecule has 0 unspecified atom stereocenters. The fourth-order valence-electron chi connectivity index (χ4n) is 1.72. The molecule has 0 fully saturated rings. The SMILES string of the molecule is COc1cccc(C(=O)NNC(=O)c2ccco2)c1OC. The summed E-state index contributed by atoms with van der Waals surface area (Å²) in [6.45, 7) is 0. The molecule has 1 heterocycles. The first-order valence-corrected chi connectivity index (χ1v) is 6.02. The van der Waals surface area contributed by atoms with Crippen molar-refractivity contribution in [3.8, 4) is 11.5 Å². The number of furan rings is 1. The molecular weight excluding hydrogens is 276 g/mol. The molecule has 0 radical (unpaired) electrons. The largest absolute Gasteiger partial charge is 0.493 e. The van der Waals surface area contributed by atoms with Gasteiger partial charge in [-0.1, -0.05) is 6.07 Å². The van der Waals surface area contributed by atoms with Crippen LogP contribution < -0.4 is 20.3 Å². The van der Waals surface area contributed by atoms with Crippen molar-refractivity contribution in [1.29, 1.82) is 0 Å². The number of benzene rings is 1. The van der Waals surface area contributed by atoms with Gasteiger partial charge < -0.3 is 13.9 Å². The van der Waals surface area contributed by atoms with Crippen LogP contribution >= 0.6 is 0 Å². The van der Waals surface area contributed by atoms with Gasteiger partial charge in [0.2, 0.25) is 0 Å². The average molecular weight is 290 g/mol. The molecule has 0 aliphatic carbocycles. The summed E-state index contributed by atoms with van der Waals surface area (Å²) in [4.78, 5) is 23.7. The first-order chi connectivity index (χ1) is 10.2. The molecule has 0 spiro atoms. The first-order valence-electron chi connectivity index (χ1n) is 6.02. The van der Waals surface area contributed by atoms with Gasteiger partial charge in [0.25, 0.3) is 5.91 Å². The summed E-state index contributed by atoms with van der Waals surface area (Å²) in [7, 11) is 2.90. The van der Waals surface area contributed by atoms with E-state index in [2.05, 4.69) is 10.9 Å². The number of hydrazine groups is 1. The van der Waals surface area contributed by atoms with Crippen LogP contribution in [0.3, 0.4) is 0 Å². The van der Waals surface area contributed by atoms with Crippen LogP contribution in [0.15, 0.2) is 41.0 Å². The molecule has 21 heavy (non-hydrogen) atoms. The van der Waals surface area contributed by atoms with Gasteiger partial charge in [-0.05, 0) is 24.3 Å². The zero-order chi connectivity index (χ0) is 15.2. The molecule has 2 rings (SSSR count). The van der Waals surface area contributed by atoms with E-state index in [1.54, 1.807) is 24.3 Å². The number of hydrogen-bond acceptors (Lipinski definition) is 5. The molecular formula is C14H14N2O5. The van der Waals surface area contributed by atoms with Crippen molar-refractivity contribution < 1.29 is 23.5 Å². The third-order valence-electron chi connectivity index (χ3n) is 2.68. The van der Waals surface area contributed by atoms with Gasteiger partial charge in [-0.25, -0.2) is 0 Å². The molecule has 110 valence electrons. The number of nitrogens with one attached hydrogen (secondary N) is 2. The van der Waals surface area contributed by atoms with Crippen molar-refractivity contribution in [2.75, 3.05) is 14.2 Å². The van der Waals surface area contributed by atoms with E-state index in [4.69, 9.17) is 13.9 Å². The minimum atomic E-state index is -0.560. The van der Waals surface area contributed by atoms with E-state index in [0.29, 0.717) is 5.75 Å². The third-order valence-corrected chi connectivity index (χ3v) is 2.68. The van der Waals surface area contributed by atoms with Crippen LogP contribution in [0.25, 0.3) is 0 Å². The van der Waals surface area contributed by atoms with Gasteiger partial charge in [0.1, 0.15) is 0 Å². The lowest BCUT2D eigenvalue weighted by Gasteiger charge is -2.12. The second-order valence-electron chi connectivity index (χ2n) is 3.93. The van der Waals surface area contributed by atoms with Crippen LogP contribution in [0.5, 0.6) is 11.5 Å². The highest BCUT2D eigenvalue weighted by molar-refractivity contribution is 6.00. The summed E-state index contributed by atoms with van der Waals surface area (Å²) >= 11 is 0. The maximum Gasteiger partial charge on any atom is 0.305 e. The first kappa shape index (κ1) is 14.4. The Labute approximate surface area is 120 Å². The molecule has 2 N–H and O–H groups in total. The summed E-state index contributed by atoms with van der Waals surface area (Å²) in [5.41, 5.74) is 4.76. The molecule has 1 aromatic heterocycles. The Hall–Kier alpha value is -2.96. The van der Waals surface area contributed by atoms with Crippen LogP contribution in [-0.2, 0) is 0 Å². The lowest BCUT2D eigenvalue weighted by atomic mass is 10.2. The van der Waals surface area contributed by atoms with E-state index in [0.717, 1.165) is 0 Å². The lowest BCUT2D eigenvalue weighted by molar-refractivity contribution is 0.0829. The Kier molecular flexibility index (Phi) is 4.45. The number of rotatable bonds is 4. The minimum Gasteiger partial charge on any atom is -0.493 e. The summed E-state index contributed by atoms with van der Waals surface area (Å²) < 4.78 is 15.2. The van der Waals surface area contributed by atoms with E-state index < -0.39 is 11.8 Å². The fourth-order valence-corrected chi connectivity index (χ4v) is 1.72. The monoisotopic (exact) mass is 290 g/mol. The Balaban J connectivity index is 2.09. The highest BCUT2D eigenvalue weighted by Crippen LogP contribution is 2.30. The van der Waals surface area contributed by atoms with E-state index in [1.807, 2.05) is 0 Å². The third kappa shape index (κ3) is 3.14. The van der Waals surface area contributed by atoms with Crippen molar-refractivity contribution >= 4 is 11.8 Å². The summed E-state index contributed by atoms with van der Waals surface area (Å²) in [6, 6.07) is 7.91. The van der Waals surface area contributed by atoms with Gasteiger partial charge in [0.15, 0.2) is 17.3 Å².